The molecule has 1 aliphatic heterocycles. The lowest BCUT2D eigenvalue weighted by Crippen LogP contribution is -2.36. The van der Waals surface area contributed by atoms with Gasteiger partial charge in [-0.1, -0.05) is 25.1 Å². The largest absolute Gasteiger partial charge is 0.496 e. The molecule has 104 valence electrons. The molecule has 3 atom stereocenters. The Bertz CT molecular complexity index is 448. The van der Waals surface area contributed by atoms with Crippen molar-refractivity contribution in [3.63, 3.8) is 0 Å². The van der Waals surface area contributed by atoms with Crippen LogP contribution in [0.1, 0.15) is 25.5 Å². The zero-order valence-corrected chi connectivity index (χ0v) is 11.8. The summed E-state index contributed by atoms with van der Waals surface area (Å²) in [5.74, 6) is 1.39. The van der Waals surface area contributed by atoms with Crippen molar-refractivity contribution in [2.45, 2.75) is 19.9 Å². The van der Waals surface area contributed by atoms with Crippen LogP contribution in [-0.4, -0.2) is 26.1 Å². The average molecular weight is 262 g/mol. The summed E-state index contributed by atoms with van der Waals surface area (Å²) in [5.41, 5.74) is 1.01. The Balaban J connectivity index is 2.04. The topological polar surface area (TPSA) is 50.4 Å². The van der Waals surface area contributed by atoms with Gasteiger partial charge in [0.1, 0.15) is 5.75 Å². The van der Waals surface area contributed by atoms with E-state index in [1.165, 1.54) is 0 Å². The van der Waals surface area contributed by atoms with Gasteiger partial charge in [0.2, 0.25) is 5.91 Å². The first-order chi connectivity index (χ1) is 9.13. The molecule has 0 aliphatic carbocycles. The van der Waals surface area contributed by atoms with E-state index >= 15 is 0 Å². The number of rotatable bonds is 4. The molecule has 0 aromatic heterocycles. The maximum Gasteiger partial charge on any atom is 0.225 e. The van der Waals surface area contributed by atoms with Crippen LogP contribution in [0.2, 0.25) is 0 Å². The first-order valence-corrected chi connectivity index (χ1v) is 6.77. The number of carbonyl (C=O) groups excluding carboxylic acids is 1. The SMILES string of the molecule is COc1ccccc1C(C)NC(=O)C1CNCC1C. The molecule has 4 heteroatoms. The number of benzene rings is 1. The number of methoxy groups -OCH3 is 1. The molecule has 1 heterocycles. The maximum atomic E-state index is 12.2. The second-order valence-electron chi connectivity index (χ2n) is 5.21. The minimum Gasteiger partial charge on any atom is -0.496 e. The first-order valence-electron chi connectivity index (χ1n) is 6.77. The van der Waals surface area contributed by atoms with Gasteiger partial charge >= 0.3 is 0 Å². The van der Waals surface area contributed by atoms with E-state index in [1.807, 2.05) is 31.2 Å². The van der Waals surface area contributed by atoms with Crippen LogP contribution in [-0.2, 0) is 4.79 Å². The molecule has 0 bridgehead atoms. The van der Waals surface area contributed by atoms with E-state index in [-0.39, 0.29) is 17.9 Å². The Labute approximate surface area is 114 Å². The molecule has 1 saturated heterocycles. The number of hydrogen-bond acceptors (Lipinski definition) is 3. The smallest absolute Gasteiger partial charge is 0.225 e. The number of amides is 1. The van der Waals surface area contributed by atoms with Gasteiger partial charge in [-0.15, -0.1) is 0 Å². The highest BCUT2D eigenvalue weighted by molar-refractivity contribution is 5.80. The Hall–Kier alpha value is -1.55. The Morgan fingerprint density at radius 1 is 1.42 bits per heavy atom. The normalized spacial score (nSPS) is 23.9. The summed E-state index contributed by atoms with van der Waals surface area (Å²) in [6.07, 6.45) is 0. The van der Waals surface area contributed by atoms with E-state index in [0.29, 0.717) is 5.92 Å². The van der Waals surface area contributed by atoms with Gasteiger partial charge < -0.3 is 15.4 Å². The van der Waals surface area contributed by atoms with Crippen LogP contribution in [0.15, 0.2) is 24.3 Å². The first kappa shape index (κ1) is 13.9. The van der Waals surface area contributed by atoms with Crippen molar-refractivity contribution in [3.05, 3.63) is 29.8 Å². The number of ether oxygens (including phenoxy) is 1. The zero-order chi connectivity index (χ0) is 13.8. The van der Waals surface area contributed by atoms with Gasteiger partial charge in [-0.3, -0.25) is 4.79 Å². The van der Waals surface area contributed by atoms with E-state index < -0.39 is 0 Å². The molecular formula is C15H22N2O2. The fourth-order valence-corrected chi connectivity index (χ4v) is 2.58. The monoisotopic (exact) mass is 262 g/mol. The third-order valence-corrected chi connectivity index (χ3v) is 3.82. The molecule has 1 aliphatic rings. The minimum atomic E-state index is -0.0450. The Morgan fingerprint density at radius 2 is 2.16 bits per heavy atom. The van der Waals surface area contributed by atoms with Crippen LogP contribution in [0.5, 0.6) is 5.75 Å². The third kappa shape index (κ3) is 3.07. The fourth-order valence-electron chi connectivity index (χ4n) is 2.58. The van der Waals surface area contributed by atoms with E-state index in [2.05, 4.69) is 17.6 Å². The van der Waals surface area contributed by atoms with Crippen LogP contribution in [0.25, 0.3) is 0 Å². The summed E-state index contributed by atoms with van der Waals surface area (Å²) in [6.45, 7) is 5.79. The Morgan fingerprint density at radius 3 is 2.79 bits per heavy atom. The van der Waals surface area contributed by atoms with Gasteiger partial charge in [-0.2, -0.15) is 0 Å². The molecule has 1 aromatic rings. The molecule has 0 radical (unpaired) electrons. The van der Waals surface area contributed by atoms with Gasteiger partial charge in [0.25, 0.3) is 0 Å². The van der Waals surface area contributed by atoms with Gasteiger partial charge in [0.15, 0.2) is 0 Å². The average Bonchev–Trinajstić information content (AvgIpc) is 2.85. The summed E-state index contributed by atoms with van der Waals surface area (Å²) < 4.78 is 5.33. The molecule has 0 spiro atoms. The lowest BCUT2D eigenvalue weighted by molar-refractivity contribution is -0.126. The van der Waals surface area contributed by atoms with Crippen molar-refractivity contribution < 1.29 is 9.53 Å². The molecule has 2 N–H and O–H groups in total. The maximum absolute atomic E-state index is 12.2. The van der Waals surface area contributed by atoms with Gasteiger partial charge in [0, 0.05) is 12.1 Å². The number of carbonyl (C=O) groups is 1. The molecule has 1 aromatic carbocycles. The standard InChI is InChI=1S/C15H22N2O2/c1-10-8-16-9-13(10)15(18)17-11(2)12-6-4-5-7-14(12)19-3/h4-7,10-11,13,16H,8-9H2,1-3H3,(H,17,18). The summed E-state index contributed by atoms with van der Waals surface area (Å²) in [5, 5.41) is 6.34. The molecule has 1 amide bonds. The number of nitrogens with one attached hydrogen (secondary N) is 2. The predicted octanol–water partition coefficient (Wildman–Crippen LogP) is 1.73. The molecule has 4 nitrogen and oxygen atoms in total. The van der Waals surface area contributed by atoms with Crippen molar-refractivity contribution in [3.8, 4) is 5.75 Å². The summed E-state index contributed by atoms with van der Waals surface area (Å²) in [4.78, 5) is 12.2. The van der Waals surface area contributed by atoms with Crippen LogP contribution in [0.4, 0.5) is 0 Å². The van der Waals surface area contributed by atoms with Crippen LogP contribution in [0.3, 0.4) is 0 Å². The van der Waals surface area contributed by atoms with Crippen molar-refractivity contribution >= 4 is 5.91 Å². The van der Waals surface area contributed by atoms with E-state index in [1.54, 1.807) is 7.11 Å². The van der Waals surface area contributed by atoms with Gasteiger partial charge in [-0.05, 0) is 25.5 Å². The van der Waals surface area contributed by atoms with Gasteiger partial charge in [-0.25, -0.2) is 0 Å². The van der Waals surface area contributed by atoms with Crippen molar-refractivity contribution in [2.75, 3.05) is 20.2 Å². The van der Waals surface area contributed by atoms with Crippen LogP contribution < -0.4 is 15.4 Å². The van der Waals surface area contributed by atoms with E-state index in [0.717, 1.165) is 24.4 Å². The summed E-state index contributed by atoms with van der Waals surface area (Å²) >= 11 is 0. The highest BCUT2D eigenvalue weighted by Gasteiger charge is 2.30. The third-order valence-electron chi connectivity index (χ3n) is 3.82. The number of hydrogen-bond donors (Lipinski definition) is 2. The summed E-state index contributed by atoms with van der Waals surface area (Å²) in [6, 6.07) is 7.74. The van der Waals surface area contributed by atoms with Crippen LogP contribution >= 0.6 is 0 Å². The fraction of sp³-hybridized carbons (Fsp3) is 0.533. The second-order valence-corrected chi connectivity index (χ2v) is 5.21. The lowest BCUT2D eigenvalue weighted by atomic mass is 9.96. The Kier molecular flexibility index (Phi) is 4.43. The minimum absolute atomic E-state index is 0.0450. The highest BCUT2D eigenvalue weighted by Crippen LogP contribution is 2.25. The van der Waals surface area contributed by atoms with Crippen molar-refractivity contribution in [1.29, 1.82) is 0 Å². The number of para-hydroxylation sites is 1. The van der Waals surface area contributed by atoms with Crippen molar-refractivity contribution in [1.82, 2.24) is 10.6 Å². The molecule has 2 rings (SSSR count). The lowest BCUT2D eigenvalue weighted by Gasteiger charge is -2.20. The molecule has 0 saturated carbocycles. The molecular weight excluding hydrogens is 240 g/mol. The summed E-state index contributed by atoms with van der Waals surface area (Å²) in [7, 11) is 1.65. The quantitative estimate of drug-likeness (QED) is 0.869. The second kappa shape index (κ2) is 6.06. The zero-order valence-electron chi connectivity index (χ0n) is 11.8. The molecule has 19 heavy (non-hydrogen) atoms. The van der Waals surface area contributed by atoms with Crippen molar-refractivity contribution in [2.24, 2.45) is 11.8 Å². The van der Waals surface area contributed by atoms with Crippen LogP contribution in [0, 0.1) is 11.8 Å². The predicted molar refractivity (Wildman–Crippen MR) is 75.1 cm³/mol. The highest BCUT2D eigenvalue weighted by atomic mass is 16.5. The van der Waals surface area contributed by atoms with Gasteiger partial charge in [0.05, 0.1) is 19.1 Å². The molecule has 3 unspecified atom stereocenters. The molecule has 1 fully saturated rings. The van der Waals surface area contributed by atoms with E-state index in [9.17, 15) is 4.79 Å². The van der Waals surface area contributed by atoms with E-state index in [4.69, 9.17) is 4.74 Å².